The Morgan fingerprint density at radius 3 is 2.47 bits per heavy atom. The number of nitrogens with zero attached hydrogens (tertiary/aromatic N) is 1. The van der Waals surface area contributed by atoms with Crippen LogP contribution in [-0.2, 0) is 4.74 Å². The number of carbonyl (C=O) groups is 1. The fourth-order valence-electron chi connectivity index (χ4n) is 1.77. The van der Waals surface area contributed by atoms with Crippen LogP contribution in [0.2, 0.25) is 0 Å². The smallest absolute Gasteiger partial charge is 0.242 e. The number of benzene rings is 1. The first-order valence-electron chi connectivity index (χ1n) is 6.00. The second-order valence-corrected chi connectivity index (χ2v) is 4.00. The maximum Gasteiger partial charge on any atom is 0.242 e. The minimum atomic E-state index is -1.31. The lowest BCUT2D eigenvalue weighted by Crippen LogP contribution is -2.37. The van der Waals surface area contributed by atoms with Crippen LogP contribution < -0.4 is 0 Å². The van der Waals surface area contributed by atoms with E-state index in [2.05, 4.69) is 4.99 Å². The molecule has 3 nitrogen and oxygen atoms in total. The van der Waals surface area contributed by atoms with Crippen LogP contribution in [-0.4, -0.2) is 24.8 Å². The van der Waals surface area contributed by atoms with Crippen LogP contribution in [0.5, 0.6) is 0 Å². The highest BCUT2D eigenvalue weighted by Gasteiger charge is 2.35. The molecule has 0 saturated carbocycles. The molecular formula is C16H15NO2. The second-order valence-electron chi connectivity index (χ2n) is 4.00. The van der Waals surface area contributed by atoms with E-state index in [4.69, 9.17) is 4.74 Å². The van der Waals surface area contributed by atoms with Gasteiger partial charge in [0.05, 0.1) is 0 Å². The van der Waals surface area contributed by atoms with Crippen LogP contribution in [0.1, 0.15) is 10.4 Å². The number of carbonyl (C=O) groups excluding carboxylic acids is 1. The standard InChI is InChI=1S/C16H15NO2/c1-19-16(12-8-3-2-4-9-13-17-16)15(18)14-10-6-5-7-11-14/h2-13H,1H3. The molecule has 3 heteroatoms. The van der Waals surface area contributed by atoms with Gasteiger partial charge in [-0.15, -0.1) is 0 Å². The monoisotopic (exact) mass is 253 g/mol. The molecule has 0 N–H and O–H groups in total. The van der Waals surface area contributed by atoms with Crippen LogP contribution in [0.3, 0.4) is 0 Å². The Morgan fingerprint density at radius 2 is 1.74 bits per heavy atom. The molecule has 1 unspecified atom stereocenters. The Labute approximate surface area is 112 Å². The average molecular weight is 253 g/mol. The van der Waals surface area contributed by atoms with Crippen LogP contribution in [0.25, 0.3) is 0 Å². The Balaban J connectivity index is 2.44. The molecule has 1 aromatic rings. The van der Waals surface area contributed by atoms with Gasteiger partial charge in [0.1, 0.15) is 0 Å². The van der Waals surface area contributed by atoms with E-state index in [-0.39, 0.29) is 5.78 Å². The fourth-order valence-corrected chi connectivity index (χ4v) is 1.77. The summed E-state index contributed by atoms with van der Waals surface area (Å²) in [7, 11) is 1.48. The SMILES string of the molecule is COC1(C(=O)c2ccccc2)C=CC=CC=CC=N1. The lowest BCUT2D eigenvalue weighted by molar-refractivity contribution is 0.0329. The van der Waals surface area contributed by atoms with Crippen molar-refractivity contribution in [2.75, 3.05) is 7.11 Å². The molecule has 0 fully saturated rings. The maximum absolute atomic E-state index is 12.6. The van der Waals surface area contributed by atoms with Gasteiger partial charge in [-0.1, -0.05) is 54.6 Å². The van der Waals surface area contributed by atoms with Crippen molar-refractivity contribution in [3.8, 4) is 0 Å². The van der Waals surface area contributed by atoms with Crippen molar-refractivity contribution in [1.29, 1.82) is 0 Å². The zero-order valence-corrected chi connectivity index (χ0v) is 10.7. The number of allylic oxidation sites excluding steroid dienone is 5. The van der Waals surface area contributed by atoms with Gasteiger partial charge in [-0.25, -0.2) is 4.99 Å². The lowest BCUT2D eigenvalue weighted by atomic mass is 10.0. The van der Waals surface area contributed by atoms with Crippen molar-refractivity contribution in [3.05, 3.63) is 72.4 Å². The predicted octanol–water partition coefficient (Wildman–Crippen LogP) is 2.97. The first-order chi connectivity index (χ1) is 9.28. The van der Waals surface area contributed by atoms with E-state index in [1.54, 1.807) is 36.6 Å². The minimum Gasteiger partial charge on any atom is -0.347 e. The Morgan fingerprint density at radius 1 is 1.05 bits per heavy atom. The first kappa shape index (κ1) is 13.2. The van der Waals surface area contributed by atoms with Gasteiger partial charge in [0.25, 0.3) is 0 Å². The van der Waals surface area contributed by atoms with Crippen LogP contribution >= 0.6 is 0 Å². The van der Waals surface area contributed by atoms with Crippen molar-refractivity contribution < 1.29 is 9.53 Å². The molecule has 0 radical (unpaired) electrons. The van der Waals surface area contributed by atoms with Crippen LogP contribution in [0.4, 0.5) is 0 Å². The van der Waals surface area contributed by atoms with Crippen molar-refractivity contribution >= 4 is 12.0 Å². The summed E-state index contributed by atoms with van der Waals surface area (Å²) in [6, 6.07) is 9.01. The third-order valence-electron chi connectivity index (χ3n) is 2.79. The average Bonchev–Trinajstić information content (AvgIpc) is 2.59. The molecule has 0 bridgehead atoms. The quantitative estimate of drug-likeness (QED) is 0.777. The van der Waals surface area contributed by atoms with Gasteiger partial charge in [0, 0.05) is 18.9 Å². The van der Waals surface area contributed by atoms with E-state index >= 15 is 0 Å². The molecule has 0 spiro atoms. The van der Waals surface area contributed by atoms with Crippen LogP contribution in [0.15, 0.2) is 71.8 Å². The van der Waals surface area contributed by atoms with Crippen molar-refractivity contribution in [1.82, 2.24) is 0 Å². The Hall–Kier alpha value is -2.26. The number of methoxy groups -OCH3 is 1. The highest BCUT2D eigenvalue weighted by atomic mass is 16.5. The molecule has 1 heterocycles. The van der Waals surface area contributed by atoms with Gasteiger partial charge in [-0.2, -0.15) is 0 Å². The van der Waals surface area contributed by atoms with Gasteiger partial charge >= 0.3 is 0 Å². The maximum atomic E-state index is 12.6. The highest BCUT2D eigenvalue weighted by Crippen LogP contribution is 2.21. The molecule has 96 valence electrons. The molecule has 0 aliphatic carbocycles. The summed E-state index contributed by atoms with van der Waals surface area (Å²) in [4.78, 5) is 16.9. The molecule has 1 aromatic carbocycles. The van der Waals surface area contributed by atoms with Gasteiger partial charge in [0.2, 0.25) is 11.5 Å². The minimum absolute atomic E-state index is 0.188. The summed E-state index contributed by atoms with van der Waals surface area (Å²) in [6.07, 6.45) is 12.3. The van der Waals surface area contributed by atoms with E-state index in [0.29, 0.717) is 5.56 Å². The molecule has 19 heavy (non-hydrogen) atoms. The summed E-state index contributed by atoms with van der Waals surface area (Å²) < 4.78 is 5.38. The highest BCUT2D eigenvalue weighted by molar-refractivity contribution is 6.04. The van der Waals surface area contributed by atoms with E-state index < -0.39 is 5.72 Å². The number of hydrogen-bond acceptors (Lipinski definition) is 3. The topological polar surface area (TPSA) is 38.7 Å². The summed E-state index contributed by atoms with van der Waals surface area (Å²) in [5.74, 6) is -0.188. The normalized spacial score (nSPS) is 21.7. The third-order valence-corrected chi connectivity index (χ3v) is 2.79. The summed E-state index contributed by atoms with van der Waals surface area (Å²) in [5.41, 5.74) is -0.737. The molecule has 0 aromatic heterocycles. The van der Waals surface area contributed by atoms with E-state index in [0.717, 1.165) is 0 Å². The van der Waals surface area contributed by atoms with E-state index in [9.17, 15) is 4.79 Å². The van der Waals surface area contributed by atoms with Gasteiger partial charge in [0.15, 0.2) is 0 Å². The number of ether oxygens (including phenoxy) is 1. The van der Waals surface area contributed by atoms with Gasteiger partial charge < -0.3 is 4.74 Å². The van der Waals surface area contributed by atoms with Gasteiger partial charge in [-0.05, 0) is 12.2 Å². The molecule has 1 aliphatic heterocycles. The van der Waals surface area contributed by atoms with E-state index in [1.165, 1.54) is 7.11 Å². The third kappa shape index (κ3) is 2.95. The summed E-state index contributed by atoms with van der Waals surface area (Å²) in [6.45, 7) is 0. The molecule has 1 atom stereocenters. The van der Waals surface area contributed by atoms with E-state index in [1.807, 2.05) is 36.4 Å². The number of hydrogen-bond donors (Lipinski definition) is 0. The molecule has 2 rings (SSSR count). The Bertz CT molecular complexity index is 531. The second kappa shape index (κ2) is 6.07. The first-order valence-corrected chi connectivity index (χ1v) is 6.00. The largest absolute Gasteiger partial charge is 0.347 e. The van der Waals surface area contributed by atoms with Crippen molar-refractivity contribution in [3.63, 3.8) is 0 Å². The number of rotatable bonds is 3. The lowest BCUT2D eigenvalue weighted by Gasteiger charge is -2.23. The molecule has 0 amide bonds. The van der Waals surface area contributed by atoms with Crippen LogP contribution in [0, 0.1) is 0 Å². The summed E-state index contributed by atoms with van der Waals surface area (Å²) in [5, 5.41) is 0. The predicted molar refractivity (Wildman–Crippen MR) is 76.4 cm³/mol. The number of ketones is 1. The number of aliphatic imine (C=N–C) groups is 1. The Kier molecular flexibility index (Phi) is 4.21. The van der Waals surface area contributed by atoms with Crippen molar-refractivity contribution in [2.45, 2.75) is 5.72 Å². The van der Waals surface area contributed by atoms with Crippen molar-refractivity contribution in [2.24, 2.45) is 4.99 Å². The summed E-state index contributed by atoms with van der Waals surface area (Å²) >= 11 is 0. The molecule has 1 aliphatic rings. The van der Waals surface area contributed by atoms with Gasteiger partial charge in [-0.3, -0.25) is 4.79 Å². The molecular weight excluding hydrogens is 238 g/mol. The fraction of sp³-hybridized carbons (Fsp3) is 0.125. The molecule has 0 saturated heterocycles. The number of Topliss-reactive ketones (excluding diaryl/α,β-unsaturated/α-hetero) is 1. The zero-order chi connectivity index (χ0) is 13.6. The zero-order valence-electron chi connectivity index (χ0n) is 10.7.